The molecule has 0 spiro atoms. The Bertz CT molecular complexity index is 1170. The second-order valence-corrected chi connectivity index (χ2v) is 6.84. The molecular weight excluding hydrogens is 461 g/mol. The van der Waals surface area contributed by atoms with E-state index in [1.165, 1.54) is 24.5 Å². The van der Waals surface area contributed by atoms with Gasteiger partial charge in [0.25, 0.3) is 0 Å². The van der Waals surface area contributed by atoms with Gasteiger partial charge in [-0.15, -0.1) is 0 Å². The molecule has 0 atom stereocenters. The Morgan fingerprint density at radius 3 is 1.93 bits per heavy atom. The fourth-order valence-corrected chi connectivity index (χ4v) is 2.98. The van der Waals surface area contributed by atoms with Gasteiger partial charge in [0.2, 0.25) is 10.6 Å². The fourth-order valence-electron chi connectivity index (χ4n) is 2.27. The molecule has 0 aliphatic carbocycles. The first-order valence-corrected chi connectivity index (χ1v) is 8.94. The molecule has 0 amide bonds. The standard InChI is InChI=1S/C10H6ClFN2.C8H3BrClFN2/c1-2-6-3-7-5-13-10(11)14-9(7)8(12)4-6;9-5-1-4-3-12-8(10)13-7(4)6(11)2-5/h2-5H,1H2;1-3H. The van der Waals surface area contributed by atoms with Crippen molar-refractivity contribution < 1.29 is 8.78 Å². The maximum Gasteiger partial charge on any atom is 0.223 e. The highest BCUT2D eigenvalue weighted by Crippen LogP contribution is 2.22. The van der Waals surface area contributed by atoms with Crippen LogP contribution in [0.15, 0.2) is 47.7 Å². The molecule has 0 bridgehead atoms. The smallest absolute Gasteiger partial charge is 0.223 e. The molecule has 0 unspecified atom stereocenters. The van der Waals surface area contributed by atoms with Gasteiger partial charge in [-0.25, -0.2) is 28.7 Å². The van der Waals surface area contributed by atoms with E-state index in [-0.39, 0.29) is 21.6 Å². The van der Waals surface area contributed by atoms with E-state index in [0.29, 0.717) is 20.8 Å². The van der Waals surface area contributed by atoms with Crippen molar-refractivity contribution in [2.45, 2.75) is 0 Å². The van der Waals surface area contributed by atoms with Crippen LogP contribution in [0.1, 0.15) is 5.56 Å². The number of fused-ring (bicyclic) bond motifs is 2. The third kappa shape index (κ3) is 4.55. The number of rotatable bonds is 1. The molecule has 0 fully saturated rings. The topological polar surface area (TPSA) is 51.6 Å². The largest absolute Gasteiger partial charge is 0.226 e. The number of aromatic nitrogens is 4. The van der Waals surface area contributed by atoms with Crippen molar-refractivity contribution in [3.63, 3.8) is 0 Å². The van der Waals surface area contributed by atoms with Crippen LogP contribution >= 0.6 is 39.1 Å². The monoisotopic (exact) mass is 468 g/mol. The summed E-state index contributed by atoms with van der Waals surface area (Å²) in [6.07, 6.45) is 4.54. The van der Waals surface area contributed by atoms with E-state index in [4.69, 9.17) is 23.2 Å². The molecular formula is C18H9BrCl2F2N4. The van der Waals surface area contributed by atoms with Crippen molar-refractivity contribution in [1.82, 2.24) is 19.9 Å². The quantitative estimate of drug-likeness (QED) is 0.309. The van der Waals surface area contributed by atoms with Crippen molar-refractivity contribution in [1.29, 1.82) is 0 Å². The van der Waals surface area contributed by atoms with Crippen LogP contribution in [0.4, 0.5) is 8.78 Å². The van der Waals surface area contributed by atoms with E-state index in [9.17, 15) is 8.78 Å². The lowest BCUT2D eigenvalue weighted by Crippen LogP contribution is -1.89. The van der Waals surface area contributed by atoms with Crippen LogP contribution in [-0.4, -0.2) is 19.9 Å². The Morgan fingerprint density at radius 2 is 1.37 bits per heavy atom. The summed E-state index contributed by atoms with van der Waals surface area (Å²) in [7, 11) is 0. The van der Waals surface area contributed by atoms with Gasteiger partial charge in [-0.1, -0.05) is 28.6 Å². The van der Waals surface area contributed by atoms with Gasteiger partial charge in [0.15, 0.2) is 5.82 Å². The lowest BCUT2D eigenvalue weighted by Gasteiger charge is -2.00. The van der Waals surface area contributed by atoms with Gasteiger partial charge < -0.3 is 0 Å². The first-order valence-electron chi connectivity index (χ1n) is 7.39. The molecule has 0 saturated heterocycles. The molecule has 2 aromatic carbocycles. The van der Waals surface area contributed by atoms with Crippen molar-refractivity contribution in [3.8, 4) is 0 Å². The van der Waals surface area contributed by atoms with E-state index in [2.05, 4.69) is 42.4 Å². The summed E-state index contributed by atoms with van der Waals surface area (Å²) in [6.45, 7) is 3.56. The van der Waals surface area contributed by atoms with E-state index in [1.807, 2.05) is 0 Å². The zero-order valence-electron chi connectivity index (χ0n) is 13.4. The van der Waals surface area contributed by atoms with E-state index in [1.54, 1.807) is 18.2 Å². The molecule has 27 heavy (non-hydrogen) atoms. The molecule has 0 aliphatic heterocycles. The second-order valence-electron chi connectivity index (χ2n) is 5.25. The van der Waals surface area contributed by atoms with Gasteiger partial charge in [-0.3, -0.25) is 0 Å². The Labute approximate surface area is 171 Å². The van der Waals surface area contributed by atoms with E-state index < -0.39 is 11.6 Å². The van der Waals surface area contributed by atoms with Gasteiger partial charge in [-0.2, -0.15) is 0 Å². The number of hydrogen-bond acceptors (Lipinski definition) is 4. The van der Waals surface area contributed by atoms with Crippen LogP contribution in [0, 0.1) is 11.6 Å². The van der Waals surface area contributed by atoms with Crippen molar-refractivity contribution in [2.75, 3.05) is 0 Å². The summed E-state index contributed by atoms with van der Waals surface area (Å²) >= 11 is 14.3. The fraction of sp³-hybridized carbons (Fsp3) is 0. The molecule has 0 N–H and O–H groups in total. The van der Waals surface area contributed by atoms with Gasteiger partial charge in [-0.05, 0) is 53.0 Å². The Morgan fingerprint density at radius 1 is 0.852 bits per heavy atom. The van der Waals surface area contributed by atoms with E-state index >= 15 is 0 Å². The Kier molecular flexibility index (Phi) is 5.94. The average molecular weight is 470 g/mol. The molecule has 4 aromatic rings. The highest BCUT2D eigenvalue weighted by Gasteiger charge is 2.06. The highest BCUT2D eigenvalue weighted by atomic mass is 79.9. The minimum atomic E-state index is -0.415. The molecule has 0 aliphatic rings. The van der Waals surface area contributed by atoms with Gasteiger partial charge in [0.05, 0.1) is 0 Å². The number of nitrogens with zero attached hydrogens (tertiary/aromatic N) is 4. The first kappa shape index (κ1) is 19.5. The lowest BCUT2D eigenvalue weighted by atomic mass is 10.1. The predicted octanol–water partition coefficient (Wildman–Crippen LogP) is 6.25. The third-order valence-corrected chi connectivity index (χ3v) is 4.26. The molecule has 4 rings (SSSR count). The van der Waals surface area contributed by atoms with Gasteiger partial charge in [0, 0.05) is 27.6 Å². The minimum absolute atomic E-state index is 0.0442. The SMILES string of the molecule is C=Cc1cc(F)c2nc(Cl)ncc2c1.Fc1cc(Br)cc2cnc(Cl)nc12. The second kappa shape index (κ2) is 8.21. The van der Waals surface area contributed by atoms with Gasteiger partial charge in [0.1, 0.15) is 16.9 Å². The molecule has 2 heterocycles. The lowest BCUT2D eigenvalue weighted by molar-refractivity contribution is 0.635. The predicted molar refractivity (Wildman–Crippen MR) is 107 cm³/mol. The van der Waals surface area contributed by atoms with Crippen LogP contribution < -0.4 is 0 Å². The number of benzene rings is 2. The number of halogens is 5. The van der Waals surface area contributed by atoms with Crippen LogP contribution in [0.5, 0.6) is 0 Å². The van der Waals surface area contributed by atoms with Gasteiger partial charge >= 0.3 is 0 Å². The summed E-state index contributed by atoms with van der Waals surface area (Å²) in [5.74, 6) is -0.824. The zero-order chi connectivity index (χ0) is 19.6. The summed E-state index contributed by atoms with van der Waals surface area (Å²) in [5, 5.41) is 1.33. The van der Waals surface area contributed by atoms with Crippen molar-refractivity contribution in [3.05, 3.63) is 75.5 Å². The summed E-state index contributed by atoms with van der Waals surface area (Å²) in [6, 6.07) is 6.18. The summed E-state index contributed by atoms with van der Waals surface area (Å²) in [5.41, 5.74) is 1.17. The summed E-state index contributed by atoms with van der Waals surface area (Å²) in [4.78, 5) is 15.1. The van der Waals surface area contributed by atoms with Crippen LogP contribution in [0.3, 0.4) is 0 Å². The first-order chi connectivity index (χ1) is 12.9. The normalized spacial score (nSPS) is 10.6. The minimum Gasteiger partial charge on any atom is -0.226 e. The van der Waals surface area contributed by atoms with Crippen LogP contribution in [0.2, 0.25) is 10.6 Å². The van der Waals surface area contributed by atoms with Crippen molar-refractivity contribution >= 4 is 67.0 Å². The maximum atomic E-state index is 13.4. The van der Waals surface area contributed by atoms with Crippen molar-refractivity contribution in [2.24, 2.45) is 0 Å². The maximum absolute atomic E-state index is 13.4. The molecule has 9 heteroatoms. The number of hydrogen-bond donors (Lipinski definition) is 0. The summed E-state index contributed by atoms with van der Waals surface area (Å²) < 4.78 is 27.3. The van der Waals surface area contributed by atoms with E-state index in [0.717, 1.165) is 0 Å². The third-order valence-electron chi connectivity index (χ3n) is 3.44. The molecule has 2 aromatic heterocycles. The molecule has 0 radical (unpaired) electrons. The molecule has 4 nitrogen and oxygen atoms in total. The van der Waals surface area contributed by atoms with Crippen LogP contribution in [-0.2, 0) is 0 Å². The van der Waals surface area contributed by atoms with Crippen LogP contribution in [0.25, 0.3) is 27.9 Å². The average Bonchev–Trinajstić information content (AvgIpc) is 2.63. The Hall–Kier alpha value is -2.22. The Balaban J connectivity index is 0.000000156. The zero-order valence-corrected chi connectivity index (χ0v) is 16.5. The molecule has 0 saturated carbocycles. The highest BCUT2D eigenvalue weighted by molar-refractivity contribution is 9.10. The molecule has 136 valence electrons.